The highest BCUT2D eigenvalue weighted by Crippen LogP contribution is 2.15. The van der Waals surface area contributed by atoms with E-state index in [-0.39, 0.29) is 0 Å². The zero-order valence-corrected chi connectivity index (χ0v) is 9.43. The standard InChI is InChI=1S/C12H18N3/c1-14(2)12-10-15(9-8-13-12)11-6-4-3-5-7-11/h3-7,12H,8-10H2,1-2H3. The zero-order valence-electron chi connectivity index (χ0n) is 9.43. The van der Waals surface area contributed by atoms with Gasteiger partial charge in [0, 0.05) is 25.3 Å². The first-order chi connectivity index (χ1) is 7.27. The maximum Gasteiger partial charge on any atom is 0.0934 e. The number of piperazine rings is 1. The van der Waals surface area contributed by atoms with Crippen molar-refractivity contribution >= 4 is 5.69 Å². The van der Waals surface area contributed by atoms with Gasteiger partial charge in [0.25, 0.3) is 0 Å². The molecular formula is C12H18N3. The van der Waals surface area contributed by atoms with Crippen molar-refractivity contribution in [2.45, 2.75) is 6.17 Å². The van der Waals surface area contributed by atoms with Gasteiger partial charge in [0.2, 0.25) is 0 Å². The van der Waals surface area contributed by atoms with Crippen molar-refractivity contribution in [2.24, 2.45) is 0 Å². The quantitative estimate of drug-likeness (QED) is 0.716. The molecule has 1 heterocycles. The first-order valence-electron chi connectivity index (χ1n) is 5.40. The highest BCUT2D eigenvalue weighted by Gasteiger charge is 2.21. The Hall–Kier alpha value is -1.06. The SMILES string of the molecule is CN(C)C1CN(c2ccccc2)CC[N]1. The Bertz CT molecular complexity index is 297. The van der Waals surface area contributed by atoms with Crippen molar-refractivity contribution in [3.05, 3.63) is 30.3 Å². The summed E-state index contributed by atoms with van der Waals surface area (Å²) in [6.07, 6.45) is 0.332. The van der Waals surface area contributed by atoms with E-state index >= 15 is 0 Å². The first-order valence-corrected chi connectivity index (χ1v) is 5.40. The van der Waals surface area contributed by atoms with Gasteiger partial charge in [-0.3, -0.25) is 4.90 Å². The number of hydrogen-bond acceptors (Lipinski definition) is 2. The summed E-state index contributed by atoms with van der Waals surface area (Å²) < 4.78 is 0. The fraction of sp³-hybridized carbons (Fsp3) is 0.500. The predicted molar refractivity (Wildman–Crippen MR) is 63.1 cm³/mol. The van der Waals surface area contributed by atoms with Crippen LogP contribution in [0.1, 0.15) is 0 Å². The molecule has 3 heteroatoms. The molecule has 1 aromatic carbocycles. The Balaban J connectivity index is 2.05. The number of likely N-dealkylation sites (N-methyl/N-ethyl adjacent to an activating group) is 1. The van der Waals surface area contributed by atoms with Gasteiger partial charge >= 0.3 is 0 Å². The molecule has 0 spiro atoms. The van der Waals surface area contributed by atoms with Gasteiger partial charge in [-0.25, -0.2) is 5.32 Å². The molecule has 0 N–H and O–H groups in total. The second-order valence-corrected chi connectivity index (χ2v) is 4.13. The number of benzene rings is 1. The lowest BCUT2D eigenvalue weighted by atomic mass is 10.2. The third-order valence-corrected chi connectivity index (χ3v) is 2.81. The van der Waals surface area contributed by atoms with Crippen molar-refractivity contribution in [3.8, 4) is 0 Å². The summed E-state index contributed by atoms with van der Waals surface area (Å²) in [6.45, 7) is 2.96. The Morgan fingerprint density at radius 3 is 2.67 bits per heavy atom. The average molecular weight is 204 g/mol. The van der Waals surface area contributed by atoms with E-state index < -0.39 is 0 Å². The maximum absolute atomic E-state index is 4.59. The summed E-state index contributed by atoms with van der Waals surface area (Å²) in [5.74, 6) is 0. The Morgan fingerprint density at radius 1 is 1.27 bits per heavy atom. The maximum atomic E-state index is 4.59. The van der Waals surface area contributed by atoms with Crippen molar-refractivity contribution in [1.82, 2.24) is 10.2 Å². The largest absolute Gasteiger partial charge is 0.367 e. The summed E-state index contributed by atoms with van der Waals surface area (Å²) in [4.78, 5) is 4.58. The van der Waals surface area contributed by atoms with Crippen LogP contribution in [0.2, 0.25) is 0 Å². The third kappa shape index (κ3) is 2.49. The van der Waals surface area contributed by atoms with Crippen LogP contribution in [0.3, 0.4) is 0 Å². The van der Waals surface area contributed by atoms with E-state index in [1.807, 2.05) is 0 Å². The second-order valence-electron chi connectivity index (χ2n) is 4.13. The second kappa shape index (κ2) is 4.64. The van der Waals surface area contributed by atoms with Gasteiger partial charge in [0.15, 0.2) is 0 Å². The molecule has 1 fully saturated rings. The van der Waals surface area contributed by atoms with Gasteiger partial charge in [0.1, 0.15) is 0 Å². The zero-order chi connectivity index (χ0) is 10.7. The van der Waals surface area contributed by atoms with Gasteiger partial charge < -0.3 is 4.90 Å². The molecule has 1 atom stereocenters. The summed E-state index contributed by atoms with van der Waals surface area (Å²) in [5.41, 5.74) is 1.30. The molecule has 1 radical (unpaired) electrons. The molecular weight excluding hydrogens is 186 g/mol. The summed E-state index contributed by atoms with van der Waals surface area (Å²) >= 11 is 0. The molecule has 1 aliphatic heterocycles. The number of hydrogen-bond donors (Lipinski definition) is 0. The topological polar surface area (TPSA) is 20.6 Å². The molecule has 81 valence electrons. The molecule has 0 amide bonds. The van der Waals surface area contributed by atoms with Gasteiger partial charge in [-0.1, -0.05) is 18.2 Å². The predicted octanol–water partition coefficient (Wildman–Crippen LogP) is 0.999. The number of rotatable bonds is 2. The average Bonchev–Trinajstić information content (AvgIpc) is 2.30. The Morgan fingerprint density at radius 2 is 2.00 bits per heavy atom. The summed E-state index contributed by atoms with van der Waals surface area (Å²) in [6, 6.07) is 10.6. The molecule has 15 heavy (non-hydrogen) atoms. The fourth-order valence-electron chi connectivity index (χ4n) is 1.87. The molecule has 0 bridgehead atoms. The highest BCUT2D eigenvalue weighted by molar-refractivity contribution is 5.46. The van der Waals surface area contributed by atoms with Crippen LogP contribution in [-0.4, -0.2) is 44.8 Å². The molecule has 0 aliphatic carbocycles. The van der Waals surface area contributed by atoms with Crippen LogP contribution in [0.5, 0.6) is 0 Å². The van der Waals surface area contributed by atoms with Crippen molar-refractivity contribution < 1.29 is 0 Å². The monoisotopic (exact) mass is 204 g/mol. The van der Waals surface area contributed by atoms with E-state index in [0.717, 1.165) is 19.6 Å². The minimum atomic E-state index is 0.332. The van der Waals surface area contributed by atoms with Crippen molar-refractivity contribution in [1.29, 1.82) is 0 Å². The van der Waals surface area contributed by atoms with Crippen molar-refractivity contribution in [3.63, 3.8) is 0 Å². The lowest BCUT2D eigenvalue weighted by molar-refractivity contribution is 0.227. The normalized spacial score (nSPS) is 22.1. The molecule has 1 unspecified atom stereocenters. The molecule has 0 saturated carbocycles. The molecule has 1 aromatic rings. The first kappa shape index (κ1) is 10.5. The lowest BCUT2D eigenvalue weighted by Gasteiger charge is -2.37. The van der Waals surface area contributed by atoms with E-state index in [0.29, 0.717) is 6.17 Å². The Kier molecular flexibility index (Phi) is 3.23. The van der Waals surface area contributed by atoms with Crippen LogP contribution in [-0.2, 0) is 0 Å². The van der Waals surface area contributed by atoms with E-state index in [1.165, 1.54) is 5.69 Å². The lowest BCUT2D eigenvalue weighted by Crippen LogP contribution is -2.53. The van der Waals surface area contributed by atoms with Crippen LogP contribution in [0.25, 0.3) is 0 Å². The van der Waals surface area contributed by atoms with Crippen LogP contribution >= 0.6 is 0 Å². The van der Waals surface area contributed by atoms with Gasteiger partial charge in [-0.2, -0.15) is 0 Å². The van der Waals surface area contributed by atoms with Gasteiger partial charge in [-0.05, 0) is 26.2 Å². The van der Waals surface area contributed by atoms with Crippen LogP contribution in [0.15, 0.2) is 30.3 Å². The van der Waals surface area contributed by atoms with Crippen LogP contribution < -0.4 is 10.2 Å². The number of nitrogens with zero attached hydrogens (tertiary/aromatic N) is 3. The van der Waals surface area contributed by atoms with E-state index in [4.69, 9.17) is 0 Å². The van der Waals surface area contributed by atoms with Crippen LogP contribution in [0, 0.1) is 0 Å². The number of anilines is 1. The molecule has 2 rings (SSSR count). The van der Waals surface area contributed by atoms with Gasteiger partial charge in [-0.15, -0.1) is 0 Å². The highest BCUT2D eigenvalue weighted by atomic mass is 15.3. The van der Waals surface area contributed by atoms with E-state index in [2.05, 4.69) is 59.5 Å². The van der Waals surface area contributed by atoms with Crippen LogP contribution in [0.4, 0.5) is 5.69 Å². The number of para-hydroxylation sites is 1. The minimum absolute atomic E-state index is 0.332. The van der Waals surface area contributed by atoms with E-state index in [9.17, 15) is 0 Å². The third-order valence-electron chi connectivity index (χ3n) is 2.81. The van der Waals surface area contributed by atoms with Crippen molar-refractivity contribution in [2.75, 3.05) is 38.6 Å². The van der Waals surface area contributed by atoms with E-state index in [1.54, 1.807) is 0 Å². The molecule has 1 saturated heterocycles. The minimum Gasteiger partial charge on any atom is -0.367 e. The molecule has 3 nitrogen and oxygen atoms in total. The fourth-order valence-corrected chi connectivity index (χ4v) is 1.87. The molecule has 1 aliphatic rings. The summed E-state index contributed by atoms with van der Waals surface area (Å²) in [5, 5.41) is 4.59. The Labute approximate surface area is 91.7 Å². The smallest absolute Gasteiger partial charge is 0.0934 e. The molecule has 0 aromatic heterocycles. The van der Waals surface area contributed by atoms with Gasteiger partial charge in [0.05, 0.1) is 6.17 Å². The summed E-state index contributed by atoms with van der Waals surface area (Å²) in [7, 11) is 4.17.